The number of fused-ring (bicyclic) bond motifs is 3. The van der Waals surface area contributed by atoms with Crippen molar-refractivity contribution in [3.8, 4) is 34.2 Å². The summed E-state index contributed by atoms with van der Waals surface area (Å²) in [6.45, 7) is 16.1. The van der Waals surface area contributed by atoms with Crippen LogP contribution in [0, 0.1) is 5.92 Å². The van der Waals surface area contributed by atoms with Gasteiger partial charge in [-0.2, -0.15) is 4.57 Å². The van der Waals surface area contributed by atoms with Gasteiger partial charge in [-0.1, -0.05) is 59.7 Å². The standard InChI is InChI=1S/C31H36N3O/c1-8-31(7)21(3)20(2)25-17-14-23(19-26(25)27-11-9-10-18-34(27)31)29-33-32-28(35-29)22-12-15-24(16-13-22)30(4,5)6/h9-21H,8H2,1-7H3/q+1. The van der Waals surface area contributed by atoms with Crippen molar-refractivity contribution in [1.82, 2.24) is 10.2 Å². The van der Waals surface area contributed by atoms with E-state index in [0.29, 0.717) is 23.6 Å². The molecule has 4 nitrogen and oxygen atoms in total. The lowest BCUT2D eigenvalue weighted by atomic mass is 9.74. The van der Waals surface area contributed by atoms with Gasteiger partial charge in [0.25, 0.3) is 0 Å². The molecule has 0 aliphatic carbocycles. The lowest BCUT2D eigenvalue weighted by Crippen LogP contribution is -2.58. The zero-order chi connectivity index (χ0) is 25.0. The molecule has 3 atom stereocenters. The van der Waals surface area contributed by atoms with Gasteiger partial charge in [0.2, 0.25) is 17.5 Å². The Morgan fingerprint density at radius 2 is 1.57 bits per heavy atom. The van der Waals surface area contributed by atoms with E-state index in [2.05, 4.69) is 130 Å². The van der Waals surface area contributed by atoms with Crippen LogP contribution in [-0.4, -0.2) is 10.2 Å². The summed E-state index contributed by atoms with van der Waals surface area (Å²) in [5.74, 6) is 2.00. The molecule has 5 rings (SSSR count). The van der Waals surface area contributed by atoms with E-state index in [1.165, 1.54) is 22.4 Å². The molecule has 3 heterocycles. The molecule has 0 saturated heterocycles. The molecule has 0 fully saturated rings. The molecule has 35 heavy (non-hydrogen) atoms. The third-order valence-corrected chi connectivity index (χ3v) is 8.35. The Hall–Kier alpha value is -3.27. The minimum atomic E-state index is 0.0338. The first kappa shape index (κ1) is 23.5. The summed E-state index contributed by atoms with van der Waals surface area (Å²) in [6.07, 6.45) is 3.30. The Balaban J connectivity index is 1.57. The normalized spacial score (nSPS) is 21.8. The molecule has 1 aliphatic rings. The molecule has 2 aromatic heterocycles. The molecular weight excluding hydrogens is 430 g/mol. The predicted molar refractivity (Wildman–Crippen MR) is 141 cm³/mol. The molecule has 1 aliphatic heterocycles. The van der Waals surface area contributed by atoms with Crippen molar-refractivity contribution >= 4 is 0 Å². The summed E-state index contributed by atoms with van der Waals surface area (Å²) in [6, 6.07) is 21.5. The molecule has 180 valence electrons. The fraction of sp³-hybridized carbons (Fsp3) is 0.387. The van der Waals surface area contributed by atoms with Crippen LogP contribution in [0.2, 0.25) is 0 Å². The summed E-state index contributed by atoms with van der Waals surface area (Å²) in [4.78, 5) is 0. The second kappa shape index (κ2) is 8.44. The molecule has 2 aromatic carbocycles. The molecule has 4 aromatic rings. The van der Waals surface area contributed by atoms with Crippen LogP contribution in [0.4, 0.5) is 0 Å². The molecule has 0 amide bonds. The van der Waals surface area contributed by atoms with Crippen molar-refractivity contribution in [3.63, 3.8) is 0 Å². The summed E-state index contributed by atoms with van der Waals surface area (Å²) < 4.78 is 8.64. The lowest BCUT2D eigenvalue weighted by molar-refractivity contribution is -0.760. The van der Waals surface area contributed by atoms with Crippen LogP contribution in [0.5, 0.6) is 0 Å². The number of hydrogen-bond donors (Lipinski definition) is 0. The van der Waals surface area contributed by atoms with Gasteiger partial charge in [0.1, 0.15) is 0 Å². The fourth-order valence-electron chi connectivity index (χ4n) is 5.51. The van der Waals surface area contributed by atoms with Crippen molar-refractivity contribution in [2.45, 2.75) is 71.8 Å². The van der Waals surface area contributed by atoms with E-state index in [-0.39, 0.29) is 11.0 Å². The predicted octanol–water partition coefficient (Wildman–Crippen LogP) is 7.53. The maximum absolute atomic E-state index is 6.17. The number of benzene rings is 2. The van der Waals surface area contributed by atoms with Crippen LogP contribution in [0.25, 0.3) is 34.2 Å². The number of nitrogens with zero attached hydrogens (tertiary/aromatic N) is 3. The summed E-state index contributed by atoms with van der Waals surface area (Å²) in [7, 11) is 0. The van der Waals surface area contributed by atoms with Gasteiger partial charge >= 0.3 is 0 Å². The van der Waals surface area contributed by atoms with Gasteiger partial charge in [-0.15, -0.1) is 10.2 Å². The van der Waals surface area contributed by atoms with E-state index in [0.717, 1.165) is 17.5 Å². The molecule has 0 N–H and O–H groups in total. The van der Waals surface area contributed by atoms with Crippen LogP contribution in [0.3, 0.4) is 0 Å². The van der Waals surface area contributed by atoms with Gasteiger partial charge in [0, 0.05) is 42.5 Å². The quantitative estimate of drug-likeness (QED) is 0.293. The number of pyridine rings is 1. The Bertz CT molecular complexity index is 1360. The van der Waals surface area contributed by atoms with Gasteiger partial charge in [-0.05, 0) is 52.8 Å². The highest BCUT2D eigenvalue weighted by Gasteiger charge is 2.46. The van der Waals surface area contributed by atoms with E-state index < -0.39 is 0 Å². The maximum atomic E-state index is 6.17. The zero-order valence-corrected chi connectivity index (χ0v) is 22.0. The minimum Gasteiger partial charge on any atom is -0.416 e. The summed E-state index contributed by atoms with van der Waals surface area (Å²) in [5.41, 5.74) is 7.17. The SMILES string of the molecule is CCC1(C)C(C)C(C)c2ccc(-c3nnc(-c4ccc(C(C)(C)C)cc4)o3)cc2-c2cccc[n+]21. The average molecular weight is 467 g/mol. The van der Waals surface area contributed by atoms with E-state index in [4.69, 9.17) is 4.42 Å². The number of hydrogen-bond acceptors (Lipinski definition) is 3. The third-order valence-electron chi connectivity index (χ3n) is 8.35. The van der Waals surface area contributed by atoms with E-state index in [1.807, 2.05) is 0 Å². The molecule has 0 bridgehead atoms. The summed E-state index contributed by atoms with van der Waals surface area (Å²) in [5, 5.41) is 8.79. The van der Waals surface area contributed by atoms with Crippen molar-refractivity contribution in [1.29, 1.82) is 0 Å². The van der Waals surface area contributed by atoms with Gasteiger partial charge < -0.3 is 4.42 Å². The average Bonchev–Trinajstić information content (AvgIpc) is 3.35. The lowest BCUT2D eigenvalue weighted by Gasteiger charge is -2.32. The van der Waals surface area contributed by atoms with E-state index in [9.17, 15) is 0 Å². The van der Waals surface area contributed by atoms with Crippen molar-refractivity contribution in [2.75, 3.05) is 0 Å². The maximum Gasteiger partial charge on any atom is 0.248 e. The van der Waals surface area contributed by atoms with Crippen LogP contribution < -0.4 is 4.57 Å². The topological polar surface area (TPSA) is 42.8 Å². The van der Waals surface area contributed by atoms with Crippen molar-refractivity contribution < 1.29 is 8.98 Å². The van der Waals surface area contributed by atoms with Crippen molar-refractivity contribution in [2.24, 2.45) is 5.92 Å². The Labute approximate surface area is 209 Å². The first-order chi connectivity index (χ1) is 16.6. The second-order valence-electron chi connectivity index (χ2n) is 11.3. The molecule has 0 radical (unpaired) electrons. The Kier molecular flexibility index (Phi) is 5.66. The van der Waals surface area contributed by atoms with E-state index >= 15 is 0 Å². The van der Waals surface area contributed by atoms with Crippen LogP contribution in [0.1, 0.15) is 71.9 Å². The summed E-state index contributed by atoms with van der Waals surface area (Å²) >= 11 is 0. The second-order valence-corrected chi connectivity index (χ2v) is 11.3. The molecule has 0 spiro atoms. The zero-order valence-electron chi connectivity index (χ0n) is 22.0. The largest absolute Gasteiger partial charge is 0.416 e. The monoisotopic (exact) mass is 466 g/mol. The Morgan fingerprint density at radius 3 is 2.23 bits per heavy atom. The van der Waals surface area contributed by atoms with E-state index in [1.54, 1.807) is 0 Å². The van der Waals surface area contributed by atoms with Crippen LogP contribution in [0.15, 0.2) is 71.3 Å². The van der Waals surface area contributed by atoms with Gasteiger partial charge in [-0.3, -0.25) is 0 Å². The fourth-order valence-corrected chi connectivity index (χ4v) is 5.51. The van der Waals surface area contributed by atoms with Gasteiger partial charge in [0.05, 0.1) is 5.56 Å². The van der Waals surface area contributed by atoms with Crippen LogP contribution in [-0.2, 0) is 11.0 Å². The third kappa shape index (κ3) is 3.89. The molecule has 4 heteroatoms. The molecule has 0 saturated carbocycles. The smallest absolute Gasteiger partial charge is 0.248 e. The highest BCUT2D eigenvalue weighted by molar-refractivity contribution is 5.71. The minimum absolute atomic E-state index is 0.0338. The number of aromatic nitrogens is 3. The van der Waals surface area contributed by atoms with Crippen LogP contribution >= 0.6 is 0 Å². The molecule has 3 unspecified atom stereocenters. The van der Waals surface area contributed by atoms with Gasteiger partial charge in [0.15, 0.2) is 11.7 Å². The highest BCUT2D eigenvalue weighted by Crippen LogP contribution is 2.44. The van der Waals surface area contributed by atoms with Crippen molar-refractivity contribution in [3.05, 3.63) is 78.0 Å². The first-order valence-electron chi connectivity index (χ1n) is 12.7. The highest BCUT2D eigenvalue weighted by atomic mass is 16.4. The Morgan fingerprint density at radius 1 is 0.914 bits per heavy atom. The number of rotatable bonds is 3. The first-order valence-corrected chi connectivity index (χ1v) is 12.7. The van der Waals surface area contributed by atoms with Gasteiger partial charge in [-0.25, -0.2) is 0 Å². The molecular formula is C31H36N3O+.